The Morgan fingerprint density at radius 1 is 0.760 bits per heavy atom. The van der Waals surface area contributed by atoms with Gasteiger partial charge in [0.1, 0.15) is 0 Å². The van der Waals surface area contributed by atoms with Crippen LogP contribution in [-0.2, 0) is 4.79 Å². The predicted molar refractivity (Wildman–Crippen MR) is 107 cm³/mol. The maximum atomic E-state index is 12.3. The average Bonchev–Trinajstić information content (AvgIpc) is 2.65. The zero-order chi connectivity index (χ0) is 17.3. The van der Waals surface area contributed by atoms with Crippen LogP contribution >= 0.6 is 23.5 Å². The fourth-order valence-corrected chi connectivity index (χ4v) is 4.06. The molecular weight excluding hydrogens is 346 g/mol. The van der Waals surface area contributed by atoms with Crippen LogP contribution in [0.4, 0.5) is 5.69 Å². The van der Waals surface area contributed by atoms with Gasteiger partial charge in [0.25, 0.3) is 0 Å². The summed E-state index contributed by atoms with van der Waals surface area (Å²) in [5.41, 5.74) is 0.867. The first-order valence-electron chi connectivity index (χ1n) is 8.11. The Hall–Kier alpha value is -2.17. The number of nitrogens with one attached hydrogen (secondary N) is 1. The molecule has 3 rings (SSSR count). The van der Waals surface area contributed by atoms with Gasteiger partial charge < -0.3 is 5.32 Å². The van der Waals surface area contributed by atoms with Gasteiger partial charge in [0.15, 0.2) is 0 Å². The molecule has 0 saturated carbocycles. The molecule has 126 valence electrons. The molecule has 0 aromatic heterocycles. The molecule has 1 amide bonds. The monoisotopic (exact) mass is 365 g/mol. The number of thioether (sulfide) groups is 1. The molecule has 0 aliphatic rings. The van der Waals surface area contributed by atoms with E-state index in [0.29, 0.717) is 6.42 Å². The fraction of sp³-hybridized carbons (Fsp3) is 0.0952. The van der Waals surface area contributed by atoms with Gasteiger partial charge in [0.2, 0.25) is 5.91 Å². The van der Waals surface area contributed by atoms with Crippen LogP contribution in [0.25, 0.3) is 0 Å². The molecular formula is C21H19NOS2. The molecule has 2 nitrogen and oxygen atoms in total. The minimum absolute atomic E-state index is 0.0459. The third-order valence-corrected chi connectivity index (χ3v) is 5.57. The minimum Gasteiger partial charge on any atom is -0.325 e. The zero-order valence-electron chi connectivity index (χ0n) is 13.7. The van der Waals surface area contributed by atoms with Crippen molar-refractivity contribution in [2.24, 2.45) is 0 Å². The maximum absolute atomic E-state index is 12.3. The van der Waals surface area contributed by atoms with E-state index in [1.165, 1.54) is 4.90 Å². The molecule has 0 atom stereocenters. The lowest BCUT2D eigenvalue weighted by Gasteiger charge is -2.10. The van der Waals surface area contributed by atoms with Crippen molar-refractivity contribution in [3.8, 4) is 0 Å². The number of hydrogen-bond acceptors (Lipinski definition) is 3. The number of anilines is 1. The van der Waals surface area contributed by atoms with Crippen molar-refractivity contribution in [3.63, 3.8) is 0 Å². The Morgan fingerprint density at radius 3 is 2.08 bits per heavy atom. The summed E-state index contributed by atoms with van der Waals surface area (Å²) in [6.45, 7) is 0. The molecule has 1 N–H and O–H groups in total. The van der Waals surface area contributed by atoms with Crippen LogP contribution in [0.2, 0.25) is 0 Å². The second-order valence-corrected chi connectivity index (χ2v) is 7.65. The highest BCUT2D eigenvalue weighted by Crippen LogP contribution is 2.33. The van der Waals surface area contributed by atoms with Crippen LogP contribution < -0.4 is 5.32 Å². The van der Waals surface area contributed by atoms with Crippen molar-refractivity contribution in [1.82, 2.24) is 0 Å². The van der Waals surface area contributed by atoms with Gasteiger partial charge in [-0.05, 0) is 36.4 Å². The lowest BCUT2D eigenvalue weighted by molar-refractivity contribution is -0.115. The van der Waals surface area contributed by atoms with Crippen molar-refractivity contribution in [3.05, 3.63) is 84.9 Å². The van der Waals surface area contributed by atoms with Gasteiger partial charge in [-0.2, -0.15) is 0 Å². The van der Waals surface area contributed by atoms with E-state index in [1.54, 1.807) is 23.5 Å². The molecule has 0 heterocycles. The van der Waals surface area contributed by atoms with Crippen molar-refractivity contribution in [2.75, 3.05) is 11.1 Å². The number of para-hydroxylation sites is 1. The first-order chi connectivity index (χ1) is 12.3. The summed E-state index contributed by atoms with van der Waals surface area (Å²) in [6, 6.07) is 28.3. The first-order valence-corrected chi connectivity index (χ1v) is 9.91. The summed E-state index contributed by atoms with van der Waals surface area (Å²) in [7, 11) is 0. The van der Waals surface area contributed by atoms with Crippen LogP contribution in [-0.4, -0.2) is 11.7 Å². The number of benzene rings is 3. The van der Waals surface area contributed by atoms with Gasteiger partial charge in [0, 0.05) is 26.9 Å². The SMILES string of the molecule is O=C(CCSc1ccccc1)Nc1ccccc1Sc1ccccc1. The fourth-order valence-electron chi connectivity index (χ4n) is 2.27. The van der Waals surface area contributed by atoms with E-state index in [4.69, 9.17) is 0 Å². The van der Waals surface area contributed by atoms with E-state index < -0.39 is 0 Å². The largest absolute Gasteiger partial charge is 0.325 e. The third kappa shape index (κ3) is 5.69. The van der Waals surface area contributed by atoms with Gasteiger partial charge in [-0.3, -0.25) is 4.79 Å². The summed E-state index contributed by atoms with van der Waals surface area (Å²) < 4.78 is 0. The Labute approximate surface area is 157 Å². The van der Waals surface area contributed by atoms with Gasteiger partial charge in [-0.1, -0.05) is 60.3 Å². The van der Waals surface area contributed by atoms with E-state index in [2.05, 4.69) is 29.6 Å². The van der Waals surface area contributed by atoms with E-state index in [9.17, 15) is 4.79 Å². The van der Waals surface area contributed by atoms with Crippen LogP contribution in [0.15, 0.2) is 99.6 Å². The molecule has 0 bridgehead atoms. The summed E-state index contributed by atoms with van der Waals surface area (Å²) in [5, 5.41) is 3.04. The summed E-state index contributed by atoms with van der Waals surface area (Å²) >= 11 is 3.36. The van der Waals surface area contributed by atoms with Gasteiger partial charge >= 0.3 is 0 Å². The predicted octanol–water partition coefficient (Wildman–Crippen LogP) is 5.96. The number of rotatable bonds is 7. The highest BCUT2D eigenvalue weighted by molar-refractivity contribution is 7.99. The molecule has 0 spiro atoms. The molecule has 0 aliphatic heterocycles. The Kier molecular flexibility index (Phi) is 6.60. The van der Waals surface area contributed by atoms with Crippen molar-refractivity contribution in [1.29, 1.82) is 0 Å². The second-order valence-electron chi connectivity index (χ2n) is 5.37. The first kappa shape index (κ1) is 17.6. The normalized spacial score (nSPS) is 10.4. The van der Waals surface area contributed by atoms with Crippen LogP contribution in [0.1, 0.15) is 6.42 Å². The average molecular weight is 366 g/mol. The zero-order valence-corrected chi connectivity index (χ0v) is 15.4. The topological polar surface area (TPSA) is 29.1 Å². The quantitative estimate of drug-likeness (QED) is 0.524. The Morgan fingerprint density at radius 2 is 1.36 bits per heavy atom. The molecule has 0 aliphatic carbocycles. The molecule has 25 heavy (non-hydrogen) atoms. The third-order valence-electron chi connectivity index (χ3n) is 3.47. The number of hydrogen-bond donors (Lipinski definition) is 1. The van der Waals surface area contributed by atoms with Crippen molar-refractivity contribution in [2.45, 2.75) is 21.1 Å². The van der Waals surface area contributed by atoms with Crippen LogP contribution in [0, 0.1) is 0 Å². The smallest absolute Gasteiger partial charge is 0.225 e. The highest BCUT2D eigenvalue weighted by atomic mass is 32.2. The molecule has 0 radical (unpaired) electrons. The van der Waals surface area contributed by atoms with Crippen molar-refractivity contribution < 1.29 is 4.79 Å². The lowest BCUT2D eigenvalue weighted by atomic mass is 10.3. The van der Waals surface area contributed by atoms with Crippen LogP contribution in [0.5, 0.6) is 0 Å². The molecule has 0 unspecified atom stereocenters. The molecule has 3 aromatic carbocycles. The van der Waals surface area contributed by atoms with Gasteiger partial charge in [0.05, 0.1) is 5.69 Å². The maximum Gasteiger partial charge on any atom is 0.225 e. The Bertz CT molecular complexity index is 806. The number of carbonyl (C=O) groups excluding carboxylic acids is 1. The van der Waals surface area contributed by atoms with Gasteiger partial charge in [-0.25, -0.2) is 0 Å². The summed E-state index contributed by atoms with van der Waals surface area (Å²) in [6.07, 6.45) is 0.490. The molecule has 4 heteroatoms. The van der Waals surface area contributed by atoms with E-state index in [1.807, 2.05) is 60.7 Å². The number of amides is 1. The number of carbonyl (C=O) groups is 1. The lowest BCUT2D eigenvalue weighted by Crippen LogP contribution is -2.12. The summed E-state index contributed by atoms with van der Waals surface area (Å²) in [4.78, 5) is 15.7. The van der Waals surface area contributed by atoms with Crippen molar-refractivity contribution >= 4 is 35.1 Å². The second kappa shape index (κ2) is 9.35. The van der Waals surface area contributed by atoms with E-state index >= 15 is 0 Å². The standard InChI is InChI=1S/C21H19NOS2/c23-21(15-16-24-17-9-3-1-4-10-17)22-19-13-7-8-14-20(19)25-18-11-5-2-6-12-18/h1-14H,15-16H2,(H,22,23). The Balaban J connectivity index is 1.56. The van der Waals surface area contributed by atoms with E-state index in [-0.39, 0.29) is 5.91 Å². The molecule has 3 aromatic rings. The molecule has 0 fully saturated rings. The highest BCUT2D eigenvalue weighted by Gasteiger charge is 2.08. The molecule has 0 saturated heterocycles. The summed E-state index contributed by atoms with van der Waals surface area (Å²) in [5.74, 6) is 0.814. The van der Waals surface area contributed by atoms with Crippen LogP contribution in [0.3, 0.4) is 0 Å². The van der Waals surface area contributed by atoms with Gasteiger partial charge in [-0.15, -0.1) is 11.8 Å². The minimum atomic E-state index is 0.0459. The van der Waals surface area contributed by atoms with E-state index in [0.717, 1.165) is 21.2 Å².